The zero-order valence-electron chi connectivity index (χ0n) is 13.2. The molecule has 0 heterocycles. The molecule has 0 bridgehead atoms. The van der Waals surface area contributed by atoms with Gasteiger partial charge in [-0.1, -0.05) is 44.2 Å². The molecular formula is C17H29NO2. The van der Waals surface area contributed by atoms with Gasteiger partial charge in [0.25, 0.3) is 0 Å². The smallest absolute Gasteiger partial charge is 0.0945 e. The van der Waals surface area contributed by atoms with Crippen LogP contribution in [-0.2, 0) is 4.74 Å². The lowest BCUT2D eigenvalue weighted by molar-refractivity contribution is 0.00910. The number of benzene rings is 1. The fraction of sp³-hybridized carbons (Fsp3) is 0.647. The first-order chi connectivity index (χ1) is 9.65. The first-order valence-electron chi connectivity index (χ1n) is 7.63. The monoisotopic (exact) mass is 279 g/mol. The Morgan fingerprint density at radius 3 is 2.30 bits per heavy atom. The Kier molecular flexibility index (Phi) is 7.82. The topological polar surface area (TPSA) is 32.7 Å². The van der Waals surface area contributed by atoms with Crippen LogP contribution in [0.15, 0.2) is 30.3 Å². The van der Waals surface area contributed by atoms with Gasteiger partial charge in [-0.3, -0.25) is 4.90 Å². The lowest BCUT2D eigenvalue weighted by atomic mass is 9.97. The largest absolute Gasteiger partial charge is 0.387 e. The van der Waals surface area contributed by atoms with Crippen LogP contribution in [0, 0.1) is 0 Å². The molecule has 0 aliphatic carbocycles. The first-order valence-corrected chi connectivity index (χ1v) is 7.63. The van der Waals surface area contributed by atoms with Crippen LogP contribution in [0.5, 0.6) is 0 Å². The van der Waals surface area contributed by atoms with Crippen LogP contribution in [0.25, 0.3) is 0 Å². The summed E-state index contributed by atoms with van der Waals surface area (Å²) in [6, 6.07) is 10.5. The van der Waals surface area contributed by atoms with E-state index in [0.717, 1.165) is 24.9 Å². The summed E-state index contributed by atoms with van der Waals surface area (Å²) in [7, 11) is 1.73. The van der Waals surface area contributed by atoms with Crippen molar-refractivity contribution < 1.29 is 9.84 Å². The van der Waals surface area contributed by atoms with Crippen molar-refractivity contribution in [2.75, 3.05) is 20.3 Å². The standard InChI is InChI=1S/C17H29NO2/c1-5-14(3)18(12-13-20-4)16(6-2)17(19)15-10-8-7-9-11-15/h7-11,14,16-17,19H,5-6,12-13H2,1-4H3. The molecule has 0 aliphatic rings. The van der Waals surface area contributed by atoms with Gasteiger partial charge in [0.2, 0.25) is 0 Å². The Bertz CT molecular complexity index is 355. The molecule has 0 aromatic heterocycles. The Balaban J connectivity index is 2.88. The first kappa shape index (κ1) is 17.2. The van der Waals surface area contributed by atoms with Gasteiger partial charge in [-0.2, -0.15) is 0 Å². The Morgan fingerprint density at radius 1 is 1.15 bits per heavy atom. The summed E-state index contributed by atoms with van der Waals surface area (Å²) in [6.07, 6.45) is 1.54. The summed E-state index contributed by atoms with van der Waals surface area (Å²) in [6.45, 7) is 8.09. The van der Waals surface area contributed by atoms with Crippen molar-refractivity contribution in [3.63, 3.8) is 0 Å². The molecular weight excluding hydrogens is 250 g/mol. The minimum Gasteiger partial charge on any atom is -0.387 e. The number of rotatable bonds is 9. The van der Waals surface area contributed by atoms with Gasteiger partial charge in [-0.25, -0.2) is 0 Å². The van der Waals surface area contributed by atoms with Crippen molar-refractivity contribution in [2.24, 2.45) is 0 Å². The predicted molar refractivity (Wildman–Crippen MR) is 83.8 cm³/mol. The quantitative estimate of drug-likeness (QED) is 0.753. The molecule has 114 valence electrons. The Morgan fingerprint density at radius 2 is 1.80 bits per heavy atom. The van der Waals surface area contributed by atoms with Crippen LogP contribution in [0.4, 0.5) is 0 Å². The van der Waals surface area contributed by atoms with Gasteiger partial charge in [0, 0.05) is 25.7 Å². The molecule has 0 spiro atoms. The van der Waals surface area contributed by atoms with E-state index in [4.69, 9.17) is 4.74 Å². The molecule has 1 N–H and O–H groups in total. The summed E-state index contributed by atoms with van der Waals surface area (Å²) < 4.78 is 5.22. The molecule has 0 fully saturated rings. The lowest BCUT2D eigenvalue weighted by Gasteiger charge is -2.38. The summed E-state index contributed by atoms with van der Waals surface area (Å²) >= 11 is 0. The van der Waals surface area contributed by atoms with Gasteiger partial charge in [-0.05, 0) is 25.3 Å². The second-order valence-electron chi connectivity index (χ2n) is 5.32. The van der Waals surface area contributed by atoms with E-state index in [2.05, 4.69) is 25.7 Å². The van der Waals surface area contributed by atoms with Crippen molar-refractivity contribution in [3.05, 3.63) is 35.9 Å². The molecule has 3 atom stereocenters. The van der Waals surface area contributed by atoms with E-state index in [1.54, 1.807) is 7.11 Å². The molecule has 1 aromatic carbocycles. The van der Waals surface area contributed by atoms with Crippen molar-refractivity contribution >= 4 is 0 Å². The number of methoxy groups -OCH3 is 1. The highest BCUT2D eigenvalue weighted by Gasteiger charge is 2.28. The maximum absolute atomic E-state index is 10.7. The maximum Gasteiger partial charge on any atom is 0.0945 e. The van der Waals surface area contributed by atoms with Crippen molar-refractivity contribution in [1.29, 1.82) is 0 Å². The maximum atomic E-state index is 10.7. The number of ether oxygens (including phenoxy) is 1. The van der Waals surface area contributed by atoms with Crippen LogP contribution in [0.3, 0.4) is 0 Å². The summed E-state index contributed by atoms with van der Waals surface area (Å²) in [5.74, 6) is 0. The lowest BCUT2D eigenvalue weighted by Crippen LogP contribution is -2.46. The summed E-state index contributed by atoms with van der Waals surface area (Å²) in [5.41, 5.74) is 0.991. The highest BCUT2D eigenvalue weighted by Crippen LogP contribution is 2.25. The molecule has 0 radical (unpaired) electrons. The normalized spacial score (nSPS) is 16.1. The van der Waals surface area contributed by atoms with E-state index in [1.165, 1.54) is 0 Å². The molecule has 20 heavy (non-hydrogen) atoms. The number of nitrogens with zero attached hydrogens (tertiary/aromatic N) is 1. The molecule has 0 aliphatic heterocycles. The van der Waals surface area contributed by atoms with Crippen LogP contribution >= 0.6 is 0 Å². The molecule has 0 amide bonds. The SMILES string of the molecule is CCC(C)N(CCOC)C(CC)C(O)c1ccccc1. The molecule has 3 unspecified atom stereocenters. The van der Waals surface area contributed by atoms with Crippen molar-refractivity contribution in [2.45, 2.75) is 51.8 Å². The number of aliphatic hydroxyl groups excluding tert-OH is 1. The average molecular weight is 279 g/mol. The molecule has 0 saturated carbocycles. The van der Waals surface area contributed by atoms with E-state index in [0.29, 0.717) is 12.6 Å². The van der Waals surface area contributed by atoms with Gasteiger partial charge in [0.15, 0.2) is 0 Å². The van der Waals surface area contributed by atoms with Crippen LogP contribution < -0.4 is 0 Å². The fourth-order valence-corrected chi connectivity index (χ4v) is 2.66. The van der Waals surface area contributed by atoms with E-state index in [1.807, 2.05) is 30.3 Å². The number of aliphatic hydroxyl groups is 1. The zero-order valence-corrected chi connectivity index (χ0v) is 13.2. The van der Waals surface area contributed by atoms with Gasteiger partial charge >= 0.3 is 0 Å². The van der Waals surface area contributed by atoms with Crippen LogP contribution in [0.1, 0.15) is 45.3 Å². The van der Waals surface area contributed by atoms with E-state index < -0.39 is 6.10 Å². The predicted octanol–water partition coefficient (Wildman–Crippen LogP) is 3.25. The fourth-order valence-electron chi connectivity index (χ4n) is 2.66. The number of hydrogen-bond acceptors (Lipinski definition) is 3. The van der Waals surface area contributed by atoms with Crippen molar-refractivity contribution in [3.8, 4) is 0 Å². The summed E-state index contributed by atoms with van der Waals surface area (Å²) in [5, 5.41) is 10.7. The van der Waals surface area contributed by atoms with E-state index in [9.17, 15) is 5.11 Å². The van der Waals surface area contributed by atoms with Crippen LogP contribution in [-0.4, -0.2) is 42.4 Å². The van der Waals surface area contributed by atoms with Gasteiger partial charge < -0.3 is 9.84 Å². The third-order valence-electron chi connectivity index (χ3n) is 4.06. The highest BCUT2D eigenvalue weighted by molar-refractivity contribution is 5.19. The van der Waals surface area contributed by atoms with Gasteiger partial charge in [0.05, 0.1) is 12.7 Å². The van der Waals surface area contributed by atoms with E-state index in [-0.39, 0.29) is 6.04 Å². The average Bonchev–Trinajstić information content (AvgIpc) is 2.51. The minimum atomic E-state index is -0.452. The highest BCUT2D eigenvalue weighted by atomic mass is 16.5. The van der Waals surface area contributed by atoms with Crippen LogP contribution in [0.2, 0.25) is 0 Å². The molecule has 3 heteroatoms. The van der Waals surface area contributed by atoms with Crippen molar-refractivity contribution in [1.82, 2.24) is 4.90 Å². The third kappa shape index (κ3) is 4.58. The molecule has 0 saturated heterocycles. The Hall–Kier alpha value is -0.900. The second kappa shape index (κ2) is 9.11. The summed E-state index contributed by atoms with van der Waals surface area (Å²) in [4.78, 5) is 2.38. The van der Waals surface area contributed by atoms with E-state index >= 15 is 0 Å². The van der Waals surface area contributed by atoms with Gasteiger partial charge in [0.1, 0.15) is 0 Å². The molecule has 1 rings (SSSR count). The number of hydrogen-bond donors (Lipinski definition) is 1. The molecule has 1 aromatic rings. The minimum absolute atomic E-state index is 0.127. The van der Waals surface area contributed by atoms with Gasteiger partial charge in [-0.15, -0.1) is 0 Å². The second-order valence-corrected chi connectivity index (χ2v) is 5.32. The molecule has 3 nitrogen and oxygen atoms in total. The Labute approximate surface area is 123 Å². The third-order valence-corrected chi connectivity index (χ3v) is 4.06. The zero-order chi connectivity index (χ0) is 15.0.